The minimum atomic E-state index is -0.249. The molecule has 0 spiro atoms. The predicted octanol–water partition coefficient (Wildman–Crippen LogP) is 1.54. The summed E-state index contributed by atoms with van der Waals surface area (Å²) < 4.78 is 1.09. The number of carbonyl (C=O) groups is 1. The first-order chi connectivity index (χ1) is 8.58. The van der Waals surface area contributed by atoms with Crippen molar-refractivity contribution in [3.8, 4) is 0 Å². The summed E-state index contributed by atoms with van der Waals surface area (Å²) in [5.74, 6) is 0.133. The number of β-amino-alcohol motifs (C(OH)–C–C–N with tert-alkyl or cyclic N) is 1. The van der Waals surface area contributed by atoms with E-state index in [0.29, 0.717) is 32.7 Å². The van der Waals surface area contributed by atoms with Crippen molar-refractivity contribution in [1.82, 2.24) is 9.80 Å². The Balaban J connectivity index is 1.85. The van der Waals surface area contributed by atoms with Gasteiger partial charge in [-0.25, -0.2) is 0 Å². The van der Waals surface area contributed by atoms with Crippen molar-refractivity contribution in [2.24, 2.45) is 0 Å². The van der Waals surface area contributed by atoms with Crippen LogP contribution in [0.5, 0.6) is 0 Å². The smallest absolute Gasteiger partial charge is 0.237 e. The normalized spacial score (nSPS) is 16.6. The third-order valence-electron chi connectivity index (χ3n) is 3.01. The van der Waals surface area contributed by atoms with E-state index in [-0.39, 0.29) is 12.0 Å². The molecular formula is C12H17BrN2O2S. The fourth-order valence-corrected chi connectivity index (χ4v) is 3.46. The fourth-order valence-electron chi connectivity index (χ4n) is 1.96. The molecule has 1 aliphatic heterocycles. The lowest BCUT2D eigenvalue weighted by molar-refractivity contribution is -0.135. The van der Waals surface area contributed by atoms with Crippen LogP contribution in [0.1, 0.15) is 11.8 Å². The van der Waals surface area contributed by atoms with Crippen LogP contribution in [0.3, 0.4) is 0 Å². The molecule has 0 aromatic carbocycles. The topological polar surface area (TPSA) is 43.8 Å². The summed E-state index contributed by atoms with van der Waals surface area (Å²) in [6.07, 6.45) is -0.249. The molecule has 1 aromatic rings. The quantitative estimate of drug-likeness (QED) is 0.889. The number of hydrogen-bond donors (Lipinski definition) is 1. The van der Waals surface area contributed by atoms with E-state index in [0.717, 1.165) is 3.79 Å². The van der Waals surface area contributed by atoms with Gasteiger partial charge in [0.15, 0.2) is 0 Å². The van der Waals surface area contributed by atoms with Crippen LogP contribution < -0.4 is 0 Å². The van der Waals surface area contributed by atoms with Gasteiger partial charge in [0.1, 0.15) is 0 Å². The van der Waals surface area contributed by atoms with Crippen LogP contribution in [0.15, 0.2) is 15.9 Å². The lowest BCUT2D eigenvalue weighted by Gasteiger charge is -2.36. The van der Waals surface area contributed by atoms with Gasteiger partial charge >= 0.3 is 0 Å². The van der Waals surface area contributed by atoms with Crippen LogP contribution in [0.25, 0.3) is 0 Å². The Morgan fingerprint density at radius 3 is 2.83 bits per heavy atom. The molecule has 1 fully saturated rings. The molecule has 2 rings (SSSR count). The standard InChI is InChI=1S/C12H17BrN2O2S/c1-2-15(7-10-3-4-11(13)18-10)12(17)8-14-5-9(16)6-14/h3-4,9,16H,2,5-8H2,1H3. The molecule has 100 valence electrons. The SMILES string of the molecule is CCN(Cc1ccc(Br)s1)C(=O)CN1CC(O)C1. The highest BCUT2D eigenvalue weighted by molar-refractivity contribution is 9.11. The van der Waals surface area contributed by atoms with Crippen molar-refractivity contribution in [2.75, 3.05) is 26.2 Å². The summed E-state index contributed by atoms with van der Waals surface area (Å²) in [6, 6.07) is 4.04. The van der Waals surface area contributed by atoms with Crippen molar-refractivity contribution in [2.45, 2.75) is 19.6 Å². The second-order valence-corrected chi connectivity index (χ2v) is 7.01. The number of rotatable bonds is 5. The molecule has 1 aromatic heterocycles. The number of carbonyl (C=O) groups excluding carboxylic acids is 1. The summed E-state index contributed by atoms with van der Waals surface area (Å²) in [5, 5.41) is 9.19. The number of aliphatic hydroxyl groups is 1. The number of aliphatic hydroxyl groups excluding tert-OH is 1. The van der Waals surface area contributed by atoms with E-state index in [9.17, 15) is 9.90 Å². The molecule has 0 radical (unpaired) electrons. The van der Waals surface area contributed by atoms with E-state index in [1.54, 1.807) is 11.3 Å². The van der Waals surface area contributed by atoms with Gasteiger partial charge in [0.2, 0.25) is 5.91 Å². The Bertz CT molecular complexity index is 418. The molecule has 0 bridgehead atoms. The maximum absolute atomic E-state index is 12.1. The first kappa shape index (κ1) is 14.0. The zero-order chi connectivity index (χ0) is 13.1. The number of thiophene rings is 1. The highest BCUT2D eigenvalue weighted by Gasteiger charge is 2.27. The van der Waals surface area contributed by atoms with Gasteiger partial charge in [0.05, 0.1) is 23.0 Å². The van der Waals surface area contributed by atoms with E-state index in [1.165, 1.54) is 4.88 Å². The largest absolute Gasteiger partial charge is 0.390 e. The Kier molecular flexibility index (Phi) is 4.77. The number of likely N-dealkylation sites (tertiary alicyclic amines) is 1. The minimum Gasteiger partial charge on any atom is -0.390 e. The second kappa shape index (κ2) is 6.14. The monoisotopic (exact) mass is 332 g/mol. The van der Waals surface area contributed by atoms with Gasteiger partial charge in [-0.3, -0.25) is 9.69 Å². The maximum atomic E-state index is 12.1. The zero-order valence-electron chi connectivity index (χ0n) is 10.3. The van der Waals surface area contributed by atoms with Crippen LogP contribution in [-0.2, 0) is 11.3 Å². The maximum Gasteiger partial charge on any atom is 0.237 e. The fraction of sp³-hybridized carbons (Fsp3) is 0.583. The lowest BCUT2D eigenvalue weighted by atomic mass is 10.2. The van der Waals surface area contributed by atoms with Crippen molar-refractivity contribution >= 4 is 33.2 Å². The predicted molar refractivity (Wildman–Crippen MR) is 75.6 cm³/mol. The Hall–Kier alpha value is -0.430. The van der Waals surface area contributed by atoms with Gasteiger partial charge in [-0.05, 0) is 35.0 Å². The summed E-state index contributed by atoms with van der Waals surface area (Å²) in [6.45, 7) is 5.03. The average molecular weight is 333 g/mol. The first-order valence-corrected chi connectivity index (χ1v) is 7.62. The van der Waals surface area contributed by atoms with E-state index in [1.807, 2.05) is 28.9 Å². The number of nitrogens with zero attached hydrogens (tertiary/aromatic N) is 2. The molecule has 6 heteroatoms. The molecule has 0 aliphatic carbocycles. The summed E-state index contributed by atoms with van der Waals surface area (Å²) >= 11 is 5.08. The van der Waals surface area contributed by atoms with Crippen LogP contribution >= 0.6 is 27.3 Å². The molecule has 0 atom stereocenters. The molecule has 0 unspecified atom stereocenters. The summed E-state index contributed by atoms with van der Waals surface area (Å²) in [7, 11) is 0. The van der Waals surface area contributed by atoms with Gasteiger partial charge in [0, 0.05) is 24.5 Å². The van der Waals surface area contributed by atoms with Crippen molar-refractivity contribution < 1.29 is 9.90 Å². The van der Waals surface area contributed by atoms with Crippen LogP contribution in [0, 0.1) is 0 Å². The third-order valence-corrected chi connectivity index (χ3v) is 4.62. The highest BCUT2D eigenvalue weighted by Crippen LogP contribution is 2.23. The van der Waals surface area contributed by atoms with E-state index in [2.05, 4.69) is 15.9 Å². The van der Waals surface area contributed by atoms with Gasteiger partial charge in [-0.1, -0.05) is 0 Å². The molecule has 4 nitrogen and oxygen atoms in total. The van der Waals surface area contributed by atoms with Crippen LogP contribution in [0.4, 0.5) is 0 Å². The zero-order valence-corrected chi connectivity index (χ0v) is 12.7. The third kappa shape index (κ3) is 3.54. The molecule has 0 saturated carbocycles. The molecular weight excluding hydrogens is 316 g/mol. The Morgan fingerprint density at radius 1 is 1.61 bits per heavy atom. The minimum absolute atomic E-state index is 0.133. The number of amides is 1. The van der Waals surface area contributed by atoms with Gasteiger partial charge in [-0.2, -0.15) is 0 Å². The molecule has 18 heavy (non-hydrogen) atoms. The highest BCUT2D eigenvalue weighted by atomic mass is 79.9. The summed E-state index contributed by atoms with van der Waals surface area (Å²) in [5.41, 5.74) is 0. The van der Waals surface area contributed by atoms with Crippen molar-refractivity contribution in [1.29, 1.82) is 0 Å². The van der Waals surface area contributed by atoms with Crippen LogP contribution in [-0.4, -0.2) is 53.1 Å². The first-order valence-electron chi connectivity index (χ1n) is 6.01. The Labute approximate surface area is 119 Å². The number of hydrogen-bond acceptors (Lipinski definition) is 4. The molecule has 1 N–H and O–H groups in total. The second-order valence-electron chi connectivity index (χ2n) is 4.46. The van der Waals surface area contributed by atoms with Gasteiger partial charge in [0.25, 0.3) is 0 Å². The Morgan fingerprint density at radius 2 is 2.33 bits per heavy atom. The van der Waals surface area contributed by atoms with Gasteiger partial charge in [-0.15, -0.1) is 11.3 Å². The average Bonchev–Trinajstić information content (AvgIpc) is 2.69. The number of halogens is 1. The van der Waals surface area contributed by atoms with Crippen molar-refractivity contribution in [3.63, 3.8) is 0 Å². The molecule has 1 amide bonds. The summed E-state index contributed by atoms with van der Waals surface area (Å²) in [4.78, 5) is 17.1. The molecule has 2 heterocycles. The van der Waals surface area contributed by atoms with Crippen molar-refractivity contribution in [3.05, 3.63) is 20.8 Å². The molecule has 1 saturated heterocycles. The van der Waals surface area contributed by atoms with Gasteiger partial charge < -0.3 is 10.0 Å². The van der Waals surface area contributed by atoms with E-state index >= 15 is 0 Å². The lowest BCUT2D eigenvalue weighted by Crippen LogP contribution is -2.54. The van der Waals surface area contributed by atoms with E-state index in [4.69, 9.17) is 0 Å². The number of likely N-dealkylation sites (N-methyl/N-ethyl adjacent to an activating group) is 1. The van der Waals surface area contributed by atoms with E-state index < -0.39 is 0 Å². The van der Waals surface area contributed by atoms with Crippen LogP contribution in [0.2, 0.25) is 0 Å². The molecule has 1 aliphatic rings.